The first-order chi connectivity index (χ1) is 16.3. The van der Waals surface area contributed by atoms with E-state index in [0.717, 1.165) is 5.56 Å². The molecule has 0 fully saturated rings. The Morgan fingerprint density at radius 2 is 1.88 bits per heavy atom. The van der Waals surface area contributed by atoms with Crippen LogP contribution < -0.4 is 14.8 Å². The number of hydrogen-bond acceptors (Lipinski definition) is 8. The van der Waals surface area contributed by atoms with E-state index >= 15 is 0 Å². The van der Waals surface area contributed by atoms with Crippen LogP contribution in [0, 0.1) is 12.9 Å². The van der Waals surface area contributed by atoms with Gasteiger partial charge in [0.2, 0.25) is 5.95 Å². The lowest BCUT2D eigenvalue weighted by atomic mass is 10.2. The van der Waals surface area contributed by atoms with Crippen molar-refractivity contribution in [2.45, 2.75) is 11.8 Å². The van der Waals surface area contributed by atoms with Gasteiger partial charge in [0.1, 0.15) is 16.3 Å². The van der Waals surface area contributed by atoms with E-state index in [1.54, 1.807) is 6.92 Å². The van der Waals surface area contributed by atoms with Gasteiger partial charge in [-0.05, 0) is 37.3 Å². The van der Waals surface area contributed by atoms with Crippen molar-refractivity contribution < 1.29 is 27.4 Å². The van der Waals surface area contributed by atoms with E-state index in [1.165, 1.54) is 43.6 Å². The van der Waals surface area contributed by atoms with Crippen molar-refractivity contribution in [2.24, 2.45) is 0 Å². The molecule has 2 aromatic carbocycles. The third-order valence-electron chi connectivity index (χ3n) is 4.73. The van der Waals surface area contributed by atoms with E-state index in [9.17, 15) is 18.3 Å². The highest BCUT2D eigenvalue weighted by molar-refractivity contribution is 8.25. The minimum Gasteiger partial charge on any atom is -0.495 e. The maximum absolute atomic E-state index is 14.2. The summed E-state index contributed by atoms with van der Waals surface area (Å²) in [5.41, 5.74) is 1.21. The fourth-order valence-corrected chi connectivity index (χ4v) is 4.38. The third-order valence-corrected chi connectivity index (χ3v) is 6.16. The molecule has 0 bridgehead atoms. The molecule has 0 spiro atoms. The number of nitrogens with one attached hydrogen (secondary N) is 2. The second-order valence-corrected chi connectivity index (χ2v) is 8.90. The number of halogens is 1. The molecule has 0 saturated heterocycles. The van der Waals surface area contributed by atoms with E-state index in [-0.39, 0.29) is 27.9 Å². The fourth-order valence-electron chi connectivity index (χ4n) is 3.09. The Labute approximate surface area is 196 Å². The Morgan fingerprint density at radius 1 is 1.12 bits per heavy atom. The molecular formula is C23H21FN4O5S. The summed E-state index contributed by atoms with van der Waals surface area (Å²) >= 11 is 0. The van der Waals surface area contributed by atoms with Crippen molar-refractivity contribution in [3.63, 3.8) is 0 Å². The minimum atomic E-state index is -3.79. The quantitative estimate of drug-likeness (QED) is 0.250. The number of methoxy groups -OCH3 is 1. The average Bonchev–Trinajstić information content (AvgIpc) is 3.32. The number of oxazole rings is 1. The van der Waals surface area contributed by atoms with Gasteiger partial charge in [-0.15, -0.1) is 0 Å². The molecule has 176 valence electrons. The third kappa shape index (κ3) is 5.01. The molecule has 0 aliphatic rings. The number of rotatable bonds is 7. The molecule has 0 saturated carbocycles. The predicted octanol–water partition coefficient (Wildman–Crippen LogP) is 5.58. The number of aryl methyl sites for hydroxylation is 1. The molecule has 4 N–H and O–H groups in total. The molecule has 11 heteroatoms. The fraction of sp³-hybridized carbons (Fsp3) is 0.0870. The van der Waals surface area contributed by atoms with Crippen LogP contribution in [0.3, 0.4) is 0 Å². The van der Waals surface area contributed by atoms with Crippen LogP contribution in [0.4, 0.5) is 15.8 Å². The van der Waals surface area contributed by atoms with Crippen molar-refractivity contribution in [2.75, 3.05) is 17.1 Å². The van der Waals surface area contributed by atoms with Gasteiger partial charge in [0.15, 0.2) is 5.76 Å². The lowest BCUT2D eigenvalue weighted by molar-refractivity contribution is 0.0991. The highest BCUT2D eigenvalue weighted by atomic mass is 32.3. The van der Waals surface area contributed by atoms with Gasteiger partial charge in [-0.2, -0.15) is 4.39 Å². The molecule has 0 aliphatic heterocycles. The first kappa shape index (κ1) is 23.2. The van der Waals surface area contributed by atoms with E-state index in [2.05, 4.69) is 20.0 Å². The number of benzene rings is 2. The highest BCUT2D eigenvalue weighted by Crippen LogP contribution is 2.53. The van der Waals surface area contributed by atoms with Crippen molar-refractivity contribution in [1.82, 2.24) is 9.97 Å². The number of aromatic nitrogens is 2. The predicted molar refractivity (Wildman–Crippen MR) is 127 cm³/mol. The molecule has 4 rings (SSSR count). The first-order valence-electron chi connectivity index (χ1n) is 9.96. The topological polar surface area (TPSA) is 130 Å². The maximum Gasteiger partial charge on any atom is 0.311 e. The molecule has 34 heavy (non-hydrogen) atoms. The van der Waals surface area contributed by atoms with Crippen LogP contribution in [-0.4, -0.2) is 32.1 Å². The van der Waals surface area contributed by atoms with E-state index in [4.69, 9.17) is 9.15 Å². The van der Waals surface area contributed by atoms with Crippen LogP contribution in [-0.2, 0) is 0 Å². The van der Waals surface area contributed by atoms with Gasteiger partial charge in [-0.25, -0.2) is 9.97 Å². The van der Waals surface area contributed by atoms with E-state index in [0.29, 0.717) is 11.5 Å². The minimum absolute atomic E-state index is 0.0925. The summed E-state index contributed by atoms with van der Waals surface area (Å²) in [6, 6.07) is 16.3. The Kier molecular flexibility index (Phi) is 6.50. The van der Waals surface area contributed by atoms with Crippen LogP contribution in [0.25, 0.3) is 11.3 Å². The largest absolute Gasteiger partial charge is 0.495 e. The van der Waals surface area contributed by atoms with Crippen molar-refractivity contribution in [1.29, 1.82) is 0 Å². The highest BCUT2D eigenvalue weighted by Gasteiger charge is 2.24. The lowest BCUT2D eigenvalue weighted by Gasteiger charge is -2.34. The number of amides is 1. The molecule has 0 atom stereocenters. The molecular weight excluding hydrogens is 463 g/mol. The number of anilines is 2. The number of carbonyl (C=O) groups is 1. The standard InChI is InChI=1S/C23H21FN4O5S/c1-14-8-10-17(21(24)26-14)28-34(30,31)20-12-16(9-11-18(20)32-2)27-22(29)23-25-13-19(33-23)15-6-4-3-5-7-15/h3-13,28,30-31H,1-2H3,(H,27,29). The second-order valence-electron chi connectivity index (χ2n) is 7.16. The van der Waals surface area contributed by atoms with Crippen LogP contribution in [0.15, 0.2) is 76.2 Å². The number of ether oxygens (including phenoxy) is 1. The van der Waals surface area contributed by atoms with Crippen molar-refractivity contribution in [3.05, 3.63) is 84.4 Å². The lowest BCUT2D eigenvalue weighted by Crippen LogP contribution is -2.15. The molecule has 9 nitrogen and oxygen atoms in total. The summed E-state index contributed by atoms with van der Waals surface area (Å²) in [6.07, 6.45) is 1.44. The van der Waals surface area contributed by atoms with Crippen molar-refractivity contribution in [3.8, 4) is 17.1 Å². The Hall–Kier alpha value is -3.93. The second kappa shape index (κ2) is 9.51. The van der Waals surface area contributed by atoms with Gasteiger partial charge in [0, 0.05) is 16.9 Å². The van der Waals surface area contributed by atoms with Crippen LogP contribution in [0.2, 0.25) is 0 Å². The summed E-state index contributed by atoms with van der Waals surface area (Å²) in [5, 5.41) is 2.60. The number of carbonyl (C=O) groups excluding carboxylic acids is 1. The zero-order valence-electron chi connectivity index (χ0n) is 18.2. The first-order valence-corrected chi connectivity index (χ1v) is 11.5. The maximum atomic E-state index is 14.2. The average molecular weight is 485 g/mol. The number of nitrogens with zero attached hydrogens (tertiary/aromatic N) is 2. The molecule has 4 aromatic rings. The summed E-state index contributed by atoms with van der Waals surface area (Å²) in [4.78, 5) is 20.2. The molecule has 2 aromatic heterocycles. The van der Waals surface area contributed by atoms with Gasteiger partial charge in [0.05, 0.1) is 13.3 Å². The van der Waals surface area contributed by atoms with Crippen LogP contribution in [0.1, 0.15) is 16.4 Å². The molecule has 0 aliphatic carbocycles. The van der Waals surface area contributed by atoms with E-state index in [1.807, 2.05) is 30.3 Å². The Morgan fingerprint density at radius 3 is 2.59 bits per heavy atom. The van der Waals surface area contributed by atoms with Gasteiger partial charge in [-0.3, -0.25) is 18.6 Å². The SMILES string of the molecule is COc1ccc(NC(=O)c2ncc(-c3ccccc3)o2)cc1S(O)(O)Nc1ccc(C)nc1F. The smallest absolute Gasteiger partial charge is 0.311 e. The monoisotopic (exact) mass is 484 g/mol. The molecule has 0 radical (unpaired) electrons. The zero-order chi connectivity index (χ0) is 24.3. The van der Waals surface area contributed by atoms with Crippen LogP contribution in [0.5, 0.6) is 5.75 Å². The molecule has 1 amide bonds. The van der Waals surface area contributed by atoms with Gasteiger partial charge in [0.25, 0.3) is 5.89 Å². The number of hydrogen-bond donors (Lipinski definition) is 4. The van der Waals surface area contributed by atoms with Gasteiger partial charge in [-0.1, -0.05) is 41.1 Å². The van der Waals surface area contributed by atoms with Gasteiger partial charge < -0.3 is 14.5 Å². The van der Waals surface area contributed by atoms with Gasteiger partial charge >= 0.3 is 5.91 Å². The van der Waals surface area contributed by atoms with Crippen molar-refractivity contribution >= 4 is 28.1 Å². The molecule has 2 heterocycles. The Balaban J connectivity index is 1.57. The summed E-state index contributed by atoms with van der Waals surface area (Å²) < 4.78 is 48.8. The van der Waals surface area contributed by atoms with E-state index < -0.39 is 22.6 Å². The summed E-state index contributed by atoms with van der Waals surface area (Å²) in [7, 11) is -2.45. The Bertz CT molecular complexity index is 1330. The normalized spacial score (nSPS) is 11.7. The molecule has 0 unspecified atom stereocenters. The summed E-state index contributed by atoms with van der Waals surface area (Å²) in [5.74, 6) is -1.16. The summed E-state index contributed by atoms with van der Waals surface area (Å²) in [6.45, 7) is 1.61. The number of pyridine rings is 1. The van der Waals surface area contributed by atoms with Crippen LogP contribution >= 0.6 is 10.8 Å². The zero-order valence-corrected chi connectivity index (χ0v) is 19.0.